The molecule has 0 bridgehead atoms. The van der Waals surface area contributed by atoms with E-state index in [1.807, 2.05) is 39.8 Å². The van der Waals surface area contributed by atoms with Gasteiger partial charge in [-0.05, 0) is 64.1 Å². The number of carbonyl (C=O) groups is 1. The van der Waals surface area contributed by atoms with Crippen LogP contribution in [0.2, 0.25) is 0 Å². The van der Waals surface area contributed by atoms with Gasteiger partial charge >= 0.3 is 0 Å². The molecule has 28 heavy (non-hydrogen) atoms. The van der Waals surface area contributed by atoms with Gasteiger partial charge < -0.3 is 14.2 Å². The maximum absolute atomic E-state index is 12.3. The van der Waals surface area contributed by atoms with E-state index >= 15 is 0 Å². The first kappa shape index (κ1) is 19.7. The average molecular weight is 382 g/mol. The second kappa shape index (κ2) is 8.78. The summed E-state index contributed by atoms with van der Waals surface area (Å²) in [6, 6.07) is 10.8. The molecule has 3 rings (SSSR count). The Labute approximate surface area is 165 Å². The predicted molar refractivity (Wildman–Crippen MR) is 109 cm³/mol. The number of carbonyl (C=O) groups excluding carboxylic acids is 1. The van der Waals surface area contributed by atoms with Gasteiger partial charge in [-0.2, -0.15) is 5.10 Å². The third kappa shape index (κ3) is 4.82. The lowest BCUT2D eigenvalue weighted by Gasteiger charge is -2.10. The van der Waals surface area contributed by atoms with Crippen LogP contribution in [-0.4, -0.2) is 30.9 Å². The Bertz CT molecular complexity index is 860. The van der Waals surface area contributed by atoms with E-state index in [2.05, 4.69) is 10.5 Å². The number of benzene rings is 2. The normalized spacial score (nSPS) is 15.4. The predicted octanol–water partition coefficient (Wildman–Crippen LogP) is 3.96. The zero-order valence-corrected chi connectivity index (χ0v) is 16.7. The lowest BCUT2D eigenvalue weighted by molar-refractivity contribution is 0.0955. The zero-order valence-electron chi connectivity index (χ0n) is 16.7. The first-order chi connectivity index (χ1) is 13.5. The number of amides is 1. The standard InChI is InChI=1S/C22H26N2O4/c1-5-26-20-11-17-10-15(4)28-21(17)12-18(20)13-23-24-22(25)16-6-8-19(9-7-16)27-14(2)3/h6-9,11-15H,5,10H2,1-4H3,(H,24,25)/b23-13-/t15-/m0/s1. The van der Waals surface area contributed by atoms with Gasteiger partial charge in [0.25, 0.3) is 5.91 Å². The number of rotatable bonds is 7. The van der Waals surface area contributed by atoms with E-state index in [1.54, 1.807) is 30.5 Å². The molecule has 6 heteroatoms. The van der Waals surface area contributed by atoms with Gasteiger partial charge in [0, 0.05) is 23.1 Å². The summed E-state index contributed by atoms with van der Waals surface area (Å²) in [5, 5.41) is 4.08. The van der Waals surface area contributed by atoms with Crippen LogP contribution >= 0.6 is 0 Å². The van der Waals surface area contributed by atoms with E-state index < -0.39 is 0 Å². The summed E-state index contributed by atoms with van der Waals surface area (Å²) in [5.74, 6) is 2.00. The lowest BCUT2D eigenvalue weighted by Crippen LogP contribution is -2.17. The van der Waals surface area contributed by atoms with Crippen molar-refractivity contribution in [3.63, 3.8) is 0 Å². The monoisotopic (exact) mass is 382 g/mol. The fourth-order valence-electron chi connectivity index (χ4n) is 3.02. The van der Waals surface area contributed by atoms with Gasteiger partial charge in [-0.15, -0.1) is 0 Å². The summed E-state index contributed by atoms with van der Waals surface area (Å²) >= 11 is 0. The Morgan fingerprint density at radius 2 is 2.07 bits per heavy atom. The first-order valence-corrected chi connectivity index (χ1v) is 9.52. The molecule has 0 fully saturated rings. The summed E-state index contributed by atoms with van der Waals surface area (Å²) in [7, 11) is 0. The van der Waals surface area contributed by atoms with E-state index in [4.69, 9.17) is 14.2 Å². The molecule has 148 valence electrons. The lowest BCUT2D eigenvalue weighted by atomic mass is 10.1. The molecule has 1 aliphatic heterocycles. The third-order valence-corrected chi connectivity index (χ3v) is 4.19. The Kier molecular flexibility index (Phi) is 6.19. The summed E-state index contributed by atoms with van der Waals surface area (Å²) in [6.45, 7) is 8.42. The molecule has 1 amide bonds. The Hall–Kier alpha value is -3.02. The molecule has 0 aromatic heterocycles. The topological polar surface area (TPSA) is 69.2 Å². The Balaban J connectivity index is 1.68. The number of ether oxygens (including phenoxy) is 3. The highest BCUT2D eigenvalue weighted by Crippen LogP contribution is 2.34. The molecule has 0 unspecified atom stereocenters. The summed E-state index contributed by atoms with van der Waals surface area (Å²) in [4.78, 5) is 12.3. The van der Waals surface area contributed by atoms with E-state index in [1.165, 1.54) is 0 Å². The fraction of sp³-hybridized carbons (Fsp3) is 0.364. The van der Waals surface area contributed by atoms with Crippen LogP contribution in [0.15, 0.2) is 41.5 Å². The molecule has 1 aliphatic rings. The van der Waals surface area contributed by atoms with Crippen molar-refractivity contribution >= 4 is 12.1 Å². The van der Waals surface area contributed by atoms with Crippen LogP contribution in [0.5, 0.6) is 17.2 Å². The van der Waals surface area contributed by atoms with Crippen molar-refractivity contribution in [3.05, 3.63) is 53.1 Å². The van der Waals surface area contributed by atoms with E-state index in [0.29, 0.717) is 12.2 Å². The molecule has 1 heterocycles. The van der Waals surface area contributed by atoms with Crippen molar-refractivity contribution in [3.8, 4) is 17.2 Å². The fourth-order valence-corrected chi connectivity index (χ4v) is 3.02. The highest BCUT2D eigenvalue weighted by atomic mass is 16.5. The van der Waals surface area contributed by atoms with Crippen LogP contribution in [0.1, 0.15) is 49.2 Å². The summed E-state index contributed by atoms with van der Waals surface area (Å²) in [5.41, 5.74) is 4.94. The molecule has 2 aromatic rings. The van der Waals surface area contributed by atoms with Crippen molar-refractivity contribution in [2.45, 2.75) is 46.3 Å². The minimum absolute atomic E-state index is 0.0862. The van der Waals surface area contributed by atoms with Gasteiger partial charge in [0.1, 0.15) is 23.4 Å². The van der Waals surface area contributed by atoms with Crippen molar-refractivity contribution < 1.29 is 19.0 Å². The first-order valence-electron chi connectivity index (χ1n) is 9.52. The third-order valence-electron chi connectivity index (χ3n) is 4.19. The highest BCUT2D eigenvalue weighted by molar-refractivity contribution is 5.95. The smallest absolute Gasteiger partial charge is 0.271 e. The Morgan fingerprint density at radius 1 is 1.32 bits per heavy atom. The molecule has 6 nitrogen and oxygen atoms in total. The summed E-state index contributed by atoms with van der Waals surface area (Å²) < 4.78 is 17.1. The van der Waals surface area contributed by atoms with Gasteiger partial charge in [0.2, 0.25) is 0 Å². The van der Waals surface area contributed by atoms with Crippen LogP contribution < -0.4 is 19.6 Å². The van der Waals surface area contributed by atoms with Crippen LogP contribution in [0, 0.1) is 0 Å². The van der Waals surface area contributed by atoms with Gasteiger partial charge in [-0.1, -0.05) is 0 Å². The quantitative estimate of drug-likeness (QED) is 0.581. The molecule has 0 aliphatic carbocycles. The van der Waals surface area contributed by atoms with E-state index in [0.717, 1.165) is 34.8 Å². The van der Waals surface area contributed by atoms with Gasteiger partial charge in [0.05, 0.1) is 18.9 Å². The van der Waals surface area contributed by atoms with Gasteiger partial charge in [-0.25, -0.2) is 5.43 Å². The number of nitrogens with zero attached hydrogens (tertiary/aromatic N) is 1. The molecule has 1 N–H and O–H groups in total. The minimum Gasteiger partial charge on any atom is -0.493 e. The van der Waals surface area contributed by atoms with Crippen molar-refractivity contribution in [2.24, 2.45) is 5.10 Å². The maximum Gasteiger partial charge on any atom is 0.271 e. The number of hydrazone groups is 1. The highest BCUT2D eigenvalue weighted by Gasteiger charge is 2.21. The van der Waals surface area contributed by atoms with Crippen LogP contribution in [0.3, 0.4) is 0 Å². The SMILES string of the molecule is CCOc1cc2c(cc1/C=N\NC(=O)c1ccc(OC(C)C)cc1)O[C@@H](C)C2. The molecule has 0 saturated heterocycles. The molecule has 0 saturated carbocycles. The summed E-state index contributed by atoms with van der Waals surface area (Å²) in [6.07, 6.45) is 2.67. The maximum atomic E-state index is 12.3. The van der Waals surface area contributed by atoms with E-state index in [9.17, 15) is 4.79 Å². The molecule has 0 radical (unpaired) electrons. The number of hydrogen-bond donors (Lipinski definition) is 1. The average Bonchev–Trinajstić information content (AvgIpc) is 3.01. The van der Waals surface area contributed by atoms with Crippen molar-refractivity contribution in [1.29, 1.82) is 0 Å². The minimum atomic E-state index is -0.295. The molecule has 2 aromatic carbocycles. The van der Waals surface area contributed by atoms with Crippen LogP contribution in [0.4, 0.5) is 0 Å². The molecule has 1 atom stereocenters. The number of fused-ring (bicyclic) bond motifs is 1. The van der Waals surface area contributed by atoms with Crippen LogP contribution in [0.25, 0.3) is 0 Å². The Morgan fingerprint density at radius 3 is 2.75 bits per heavy atom. The second-order valence-electron chi connectivity index (χ2n) is 6.95. The number of nitrogens with one attached hydrogen (secondary N) is 1. The van der Waals surface area contributed by atoms with Crippen LogP contribution in [-0.2, 0) is 6.42 Å². The van der Waals surface area contributed by atoms with Crippen molar-refractivity contribution in [2.75, 3.05) is 6.61 Å². The van der Waals surface area contributed by atoms with Crippen molar-refractivity contribution in [1.82, 2.24) is 5.43 Å². The molecular weight excluding hydrogens is 356 g/mol. The second-order valence-corrected chi connectivity index (χ2v) is 6.95. The molecular formula is C22H26N2O4. The van der Waals surface area contributed by atoms with E-state index in [-0.39, 0.29) is 18.1 Å². The largest absolute Gasteiger partial charge is 0.493 e. The molecule has 0 spiro atoms. The number of hydrogen-bond acceptors (Lipinski definition) is 5. The van der Waals surface area contributed by atoms with Gasteiger partial charge in [-0.3, -0.25) is 4.79 Å². The zero-order chi connectivity index (χ0) is 20.1. The van der Waals surface area contributed by atoms with Gasteiger partial charge in [0.15, 0.2) is 0 Å².